The largest absolute Gasteiger partial charge is 0.487 e. The number of carbonyl (C=O) groups is 2. The van der Waals surface area contributed by atoms with E-state index in [0.29, 0.717) is 6.42 Å². The lowest BCUT2D eigenvalue weighted by Crippen LogP contribution is -2.37. The fourth-order valence-electron chi connectivity index (χ4n) is 2.85. The van der Waals surface area contributed by atoms with Gasteiger partial charge in [-0.25, -0.2) is 0 Å². The molecule has 1 unspecified atom stereocenters. The minimum absolute atomic E-state index is 0.135. The van der Waals surface area contributed by atoms with Gasteiger partial charge in [-0.1, -0.05) is 0 Å². The lowest BCUT2D eigenvalue weighted by atomic mass is 9.71. The normalized spacial score (nSPS) is 27.1. The summed E-state index contributed by atoms with van der Waals surface area (Å²) in [6.45, 7) is 0. The Kier molecular flexibility index (Phi) is 2.26. The number of nitrogens with one attached hydrogen (secondary N) is 1. The summed E-state index contributed by atoms with van der Waals surface area (Å²) in [5, 5.41) is 3.25. The van der Waals surface area contributed by atoms with Crippen molar-refractivity contribution in [1.82, 2.24) is 5.32 Å². The van der Waals surface area contributed by atoms with Crippen molar-refractivity contribution in [3.05, 3.63) is 16.5 Å². The first-order valence-corrected chi connectivity index (χ1v) is 6.49. The Morgan fingerprint density at radius 1 is 1.47 bits per heavy atom. The Balaban J connectivity index is 2.13. The second kappa shape index (κ2) is 3.57. The highest BCUT2D eigenvalue weighted by Gasteiger charge is 2.50. The zero-order valence-electron chi connectivity index (χ0n) is 9.54. The van der Waals surface area contributed by atoms with Gasteiger partial charge in [0.2, 0.25) is 11.8 Å². The highest BCUT2D eigenvalue weighted by atomic mass is 32.1. The van der Waals surface area contributed by atoms with E-state index in [0.717, 1.165) is 29.9 Å². The molecule has 4 nitrogen and oxygen atoms in total. The van der Waals surface area contributed by atoms with E-state index in [-0.39, 0.29) is 11.8 Å². The van der Waals surface area contributed by atoms with Crippen molar-refractivity contribution in [2.24, 2.45) is 0 Å². The maximum atomic E-state index is 12.1. The Hall–Kier alpha value is -1.36. The van der Waals surface area contributed by atoms with E-state index in [4.69, 9.17) is 4.74 Å². The SMILES string of the molecule is COc1cc2c(s1)CCCC21CC(=O)NC1=O. The number of hydrogen-bond donors (Lipinski definition) is 1. The Labute approximate surface area is 103 Å². The summed E-state index contributed by atoms with van der Waals surface area (Å²) >= 11 is 1.59. The summed E-state index contributed by atoms with van der Waals surface area (Å²) in [7, 11) is 1.63. The predicted molar refractivity (Wildman–Crippen MR) is 63.3 cm³/mol. The zero-order valence-corrected chi connectivity index (χ0v) is 10.4. The lowest BCUT2D eigenvalue weighted by molar-refractivity contribution is -0.126. The van der Waals surface area contributed by atoms with Crippen LogP contribution in [0.1, 0.15) is 29.7 Å². The number of ether oxygens (including phenoxy) is 1. The standard InChI is InChI=1S/C12H13NO3S/c1-16-10-5-7-8(17-10)3-2-4-12(7)6-9(14)13-11(12)15/h5H,2-4,6H2,1H3,(H,13,14,15). The zero-order chi connectivity index (χ0) is 12.0. The van der Waals surface area contributed by atoms with Crippen LogP contribution >= 0.6 is 11.3 Å². The number of rotatable bonds is 1. The van der Waals surface area contributed by atoms with Crippen LogP contribution in [0, 0.1) is 0 Å². The maximum absolute atomic E-state index is 12.1. The Morgan fingerprint density at radius 2 is 2.29 bits per heavy atom. The molecule has 1 aromatic heterocycles. The number of methoxy groups -OCH3 is 1. The summed E-state index contributed by atoms with van der Waals surface area (Å²) in [6, 6.07) is 1.93. The van der Waals surface area contributed by atoms with Crippen LogP contribution in [0.15, 0.2) is 6.07 Å². The number of thiophene rings is 1. The van der Waals surface area contributed by atoms with Gasteiger partial charge in [-0.05, 0) is 30.9 Å². The van der Waals surface area contributed by atoms with Crippen LogP contribution in [0.2, 0.25) is 0 Å². The molecule has 1 spiro atoms. The van der Waals surface area contributed by atoms with Crippen LogP contribution in [-0.4, -0.2) is 18.9 Å². The molecule has 2 heterocycles. The van der Waals surface area contributed by atoms with E-state index in [1.807, 2.05) is 6.07 Å². The van der Waals surface area contributed by atoms with Gasteiger partial charge in [-0.15, -0.1) is 11.3 Å². The van der Waals surface area contributed by atoms with Crippen molar-refractivity contribution >= 4 is 23.2 Å². The quantitative estimate of drug-likeness (QED) is 0.767. The molecule has 1 atom stereocenters. The third-order valence-electron chi connectivity index (χ3n) is 3.66. The topological polar surface area (TPSA) is 55.4 Å². The predicted octanol–water partition coefficient (Wildman–Crippen LogP) is 1.38. The first kappa shape index (κ1) is 10.8. The average molecular weight is 251 g/mol. The molecule has 17 heavy (non-hydrogen) atoms. The van der Waals surface area contributed by atoms with Gasteiger partial charge in [0.15, 0.2) is 5.06 Å². The third kappa shape index (κ3) is 1.42. The van der Waals surface area contributed by atoms with Crippen molar-refractivity contribution in [2.45, 2.75) is 31.1 Å². The van der Waals surface area contributed by atoms with Crippen LogP contribution in [0.5, 0.6) is 5.06 Å². The van der Waals surface area contributed by atoms with Gasteiger partial charge in [-0.2, -0.15) is 0 Å². The highest BCUT2D eigenvalue weighted by molar-refractivity contribution is 7.14. The first-order chi connectivity index (χ1) is 8.15. The molecular weight excluding hydrogens is 238 g/mol. The molecule has 0 bridgehead atoms. The van der Waals surface area contributed by atoms with E-state index >= 15 is 0 Å². The molecule has 1 aliphatic carbocycles. The van der Waals surface area contributed by atoms with Crippen molar-refractivity contribution in [2.75, 3.05) is 7.11 Å². The molecule has 1 aliphatic heterocycles. The molecular formula is C12H13NO3S. The molecule has 1 saturated heterocycles. The molecule has 0 radical (unpaired) electrons. The monoisotopic (exact) mass is 251 g/mol. The van der Waals surface area contributed by atoms with Gasteiger partial charge in [0.1, 0.15) is 0 Å². The molecule has 0 aromatic carbocycles. The molecule has 3 rings (SSSR count). The van der Waals surface area contributed by atoms with Crippen molar-refractivity contribution in [3.63, 3.8) is 0 Å². The van der Waals surface area contributed by atoms with Crippen molar-refractivity contribution < 1.29 is 14.3 Å². The average Bonchev–Trinajstić information content (AvgIpc) is 2.83. The molecule has 1 aromatic rings. The molecule has 2 amide bonds. The van der Waals surface area contributed by atoms with E-state index < -0.39 is 5.41 Å². The molecule has 1 fully saturated rings. The molecule has 90 valence electrons. The van der Waals surface area contributed by atoms with Crippen LogP contribution < -0.4 is 10.1 Å². The van der Waals surface area contributed by atoms with Crippen molar-refractivity contribution in [3.8, 4) is 5.06 Å². The minimum Gasteiger partial charge on any atom is -0.487 e. The van der Waals surface area contributed by atoms with Gasteiger partial charge in [0, 0.05) is 11.3 Å². The van der Waals surface area contributed by atoms with Gasteiger partial charge < -0.3 is 4.74 Å². The second-order valence-electron chi connectivity index (χ2n) is 4.60. The molecule has 1 N–H and O–H groups in total. The minimum atomic E-state index is -0.613. The highest BCUT2D eigenvalue weighted by Crippen LogP contribution is 2.47. The number of imide groups is 1. The van der Waals surface area contributed by atoms with E-state index in [1.54, 1.807) is 18.4 Å². The third-order valence-corrected chi connectivity index (χ3v) is 4.82. The summed E-state index contributed by atoms with van der Waals surface area (Å²) in [6.07, 6.45) is 2.99. The van der Waals surface area contributed by atoms with Crippen LogP contribution in [0.4, 0.5) is 0 Å². The number of hydrogen-bond acceptors (Lipinski definition) is 4. The van der Waals surface area contributed by atoms with Crippen LogP contribution in [-0.2, 0) is 21.4 Å². The lowest BCUT2D eigenvalue weighted by Gasteiger charge is -2.29. The van der Waals surface area contributed by atoms with Crippen molar-refractivity contribution in [1.29, 1.82) is 0 Å². The number of aryl methyl sites for hydroxylation is 1. The van der Waals surface area contributed by atoms with Crippen LogP contribution in [0.25, 0.3) is 0 Å². The Morgan fingerprint density at radius 3 is 2.94 bits per heavy atom. The molecule has 0 saturated carbocycles. The smallest absolute Gasteiger partial charge is 0.237 e. The Bertz CT molecular complexity index is 508. The number of amides is 2. The van der Waals surface area contributed by atoms with Gasteiger partial charge in [0.25, 0.3) is 0 Å². The fourth-order valence-corrected chi connectivity index (χ4v) is 3.96. The van der Waals surface area contributed by atoms with Gasteiger partial charge in [-0.3, -0.25) is 14.9 Å². The summed E-state index contributed by atoms with van der Waals surface area (Å²) < 4.78 is 5.23. The second-order valence-corrected chi connectivity index (χ2v) is 5.70. The summed E-state index contributed by atoms with van der Waals surface area (Å²) in [5.41, 5.74) is 0.395. The fraction of sp³-hybridized carbons (Fsp3) is 0.500. The molecule has 5 heteroatoms. The van der Waals surface area contributed by atoms with E-state index in [1.165, 1.54) is 4.88 Å². The summed E-state index contributed by atoms with van der Waals surface area (Å²) in [4.78, 5) is 24.7. The first-order valence-electron chi connectivity index (χ1n) is 5.67. The van der Waals surface area contributed by atoms with Gasteiger partial charge in [0.05, 0.1) is 12.5 Å². The summed E-state index contributed by atoms with van der Waals surface area (Å²) in [5.74, 6) is -0.295. The molecule has 2 aliphatic rings. The van der Waals surface area contributed by atoms with Crippen LogP contribution in [0.3, 0.4) is 0 Å². The van der Waals surface area contributed by atoms with E-state index in [2.05, 4.69) is 5.32 Å². The number of fused-ring (bicyclic) bond motifs is 2. The van der Waals surface area contributed by atoms with E-state index in [9.17, 15) is 9.59 Å². The number of carbonyl (C=O) groups excluding carboxylic acids is 2. The van der Waals surface area contributed by atoms with Gasteiger partial charge >= 0.3 is 0 Å². The maximum Gasteiger partial charge on any atom is 0.237 e.